The van der Waals surface area contributed by atoms with E-state index in [4.69, 9.17) is 4.74 Å². The fourth-order valence-electron chi connectivity index (χ4n) is 3.80. The number of ether oxygens (including phenoxy) is 1. The maximum atomic E-state index is 12.6. The lowest BCUT2D eigenvalue weighted by Gasteiger charge is -2.08. The molecule has 0 radical (unpaired) electrons. The fraction of sp³-hybridized carbons (Fsp3) is 0.393. The van der Waals surface area contributed by atoms with E-state index < -0.39 is 0 Å². The van der Waals surface area contributed by atoms with E-state index in [1.165, 1.54) is 61.5 Å². The summed E-state index contributed by atoms with van der Waals surface area (Å²) in [4.78, 5) is 12.6. The van der Waals surface area contributed by atoms with Crippen molar-refractivity contribution in [3.8, 4) is 5.75 Å². The van der Waals surface area contributed by atoms with Crippen molar-refractivity contribution in [3.63, 3.8) is 0 Å². The number of unbranched alkanes of at least 4 members (excludes halogenated alkanes) is 5. The summed E-state index contributed by atoms with van der Waals surface area (Å²) < 4.78 is 5.59. The van der Waals surface area contributed by atoms with Crippen molar-refractivity contribution < 1.29 is 9.53 Å². The van der Waals surface area contributed by atoms with Crippen molar-refractivity contribution in [3.05, 3.63) is 77.4 Å². The Morgan fingerprint density at radius 3 is 2.03 bits per heavy atom. The topological polar surface area (TPSA) is 26.3 Å². The number of fused-ring (bicyclic) bond motifs is 1. The van der Waals surface area contributed by atoms with E-state index in [2.05, 4.69) is 44.2 Å². The molecule has 3 aromatic carbocycles. The number of benzene rings is 3. The van der Waals surface area contributed by atoms with Crippen LogP contribution in [-0.2, 0) is 12.8 Å². The molecule has 0 amide bonds. The van der Waals surface area contributed by atoms with Crippen molar-refractivity contribution in [2.45, 2.75) is 71.6 Å². The Bertz CT molecular complexity index is 941. The van der Waals surface area contributed by atoms with E-state index in [1.54, 1.807) is 0 Å². The minimum Gasteiger partial charge on any atom is -0.423 e. The number of hydrogen-bond donors (Lipinski definition) is 0. The van der Waals surface area contributed by atoms with Crippen LogP contribution in [0.25, 0.3) is 10.8 Å². The molecule has 0 N–H and O–H groups in total. The van der Waals surface area contributed by atoms with Crippen molar-refractivity contribution in [1.29, 1.82) is 0 Å². The van der Waals surface area contributed by atoms with Gasteiger partial charge in [-0.25, -0.2) is 4.79 Å². The summed E-state index contributed by atoms with van der Waals surface area (Å²) >= 11 is 0. The van der Waals surface area contributed by atoms with Crippen LogP contribution in [0.15, 0.2) is 60.7 Å². The first-order valence-corrected chi connectivity index (χ1v) is 11.5. The molecule has 3 rings (SSSR count). The second kappa shape index (κ2) is 11.5. The van der Waals surface area contributed by atoms with Gasteiger partial charge in [-0.2, -0.15) is 0 Å². The molecule has 158 valence electrons. The number of rotatable bonds is 11. The number of hydrogen-bond acceptors (Lipinski definition) is 2. The van der Waals surface area contributed by atoms with E-state index >= 15 is 0 Å². The van der Waals surface area contributed by atoms with Crippen LogP contribution >= 0.6 is 0 Å². The molecule has 0 bridgehead atoms. The van der Waals surface area contributed by atoms with Crippen LogP contribution in [0.1, 0.15) is 80.3 Å². The third-order valence-corrected chi connectivity index (χ3v) is 5.66. The Balaban J connectivity index is 1.60. The fourth-order valence-corrected chi connectivity index (χ4v) is 3.80. The van der Waals surface area contributed by atoms with Crippen molar-refractivity contribution in [1.82, 2.24) is 0 Å². The van der Waals surface area contributed by atoms with Gasteiger partial charge in [0.25, 0.3) is 0 Å². The molecule has 2 heteroatoms. The van der Waals surface area contributed by atoms with Crippen molar-refractivity contribution >= 4 is 16.7 Å². The van der Waals surface area contributed by atoms with Crippen molar-refractivity contribution in [2.24, 2.45) is 0 Å². The second-order valence-electron chi connectivity index (χ2n) is 8.20. The molecule has 2 nitrogen and oxygen atoms in total. The summed E-state index contributed by atoms with van der Waals surface area (Å²) in [7, 11) is 0. The van der Waals surface area contributed by atoms with E-state index in [9.17, 15) is 4.79 Å². The average molecular weight is 403 g/mol. The van der Waals surface area contributed by atoms with Gasteiger partial charge in [-0.15, -0.1) is 0 Å². The Labute approximate surface area is 181 Å². The molecule has 0 aromatic heterocycles. The average Bonchev–Trinajstić information content (AvgIpc) is 2.77. The molecule has 0 saturated heterocycles. The predicted molar refractivity (Wildman–Crippen MR) is 126 cm³/mol. The lowest BCUT2D eigenvalue weighted by atomic mass is 10.0. The second-order valence-corrected chi connectivity index (χ2v) is 8.20. The molecule has 0 aliphatic rings. The van der Waals surface area contributed by atoms with Crippen LogP contribution in [-0.4, -0.2) is 5.97 Å². The van der Waals surface area contributed by atoms with Gasteiger partial charge in [0, 0.05) is 0 Å². The highest BCUT2D eigenvalue weighted by Crippen LogP contribution is 2.21. The Hall–Kier alpha value is -2.61. The van der Waals surface area contributed by atoms with E-state index in [0.29, 0.717) is 11.3 Å². The van der Waals surface area contributed by atoms with Gasteiger partial charge in [0.15, 0.2) is 0 Å². The van der Waals surface area contributed by atoms with Gasteiger partial charge < -0.3 is 4.74 Å². The highest BCUT2D eigenvalue weighted by atomic mass is 16.5. The summed E-state index contributed by atoms with van der Waals surface area (Å²) in [6.45, 7) is 4.45. The highest BCUT2D eigenvalue weighted by Gasteiger charge is 2.10. The molecular weight excluding hydrogens is 368 g/mol. The molecule has 30 heavy (non-hydrogen) atoms. The zero-order chi connectivity index (χ0) is 21.2. The van der Waals surface area contributed by atoms with Crippen LogP contribution in [0, 0.1) is 0 Å². The molecular formula is C28H34O2. The molecule has 0 saturated carbocycles. The third-order valence-electron chi connectivity index (χ3n) is 5.66. The quantitative estimate of drug-likeness (QED) is 0.185. The van der Waals surface area contributed by atoms with Crippen molar-refractivity contribution in [2.75, 3.05) is 0 Å². The van der Waals surface area contributed by atoms with Gasteiger partial charge in [-0.05, 0) is 71.8 Å². The van der Waals surface area contributed by atoms with Crippen LogP contribution in [0.2, 0.25) is 0 Å². The van der Waals surface area contributed by atoms with Crippen LogP contribution < -0.4 is 4.74 Å². The third kappa shape index (κ3) is 6.45. The van der Waals surface area contributed by atoms with Gasteiger partial charge in [0.2, 0.25) is 0 Å². The molecule has 0 atom stereocenters. The number of aryl methyl sites for hydroxylation is 2. The summed E-state index contributed by atoms with van der Waals surface area (Å²) in [5, 5.41) is 2.25. The standard InChI is InChI=1S/C28H34O2/c1-3-5-7-9-11-23-12-15-25-21-26(17-16-24(25)20-23)28(29)30-27-18-13-22(14-19-27)10-8-6-4-2/h12-21H,3-11H2,1-2H3. The SMILES string of the molecule is CCCCCCc1ccc2cc(C(=O)Oc3ccc(CCCCC)cc3)ccc2c1. The van der Waals surface area contributed by atoms with E-state index in [0.717, 1.165) is 18.2 Å². The highest BCUT2D eigenvalue weighted by molar-refractivity contribution is 5.96. The molecule has 0 aliphatic carbocycles. The molecule has 0 fully saturated rings. The molecule has 0 unspecified atom stereocenters. The van der Waals surface area contributed by atoms with Gasteiger partial charge in [0.1, 0.15) is 5.75 Å². The first-order chi connectivity index (χ1) is 14.7. The molecule has 0 heterocycles. The van der Waals surface area contributed by atoms with Crippen LogP contribution in [0.5, 0.6) is 5.75 Å². The summed E-state index contributed by atoms with van der Waals surface area (Å²) in [6.07, 6.45) is 11.0. The van der Waals surface area contributed by atoms with Gasteiger partial charge >= 0.3 is 5.97 Å². The summed E-state index contributed by atoms with van der Waals surface area (Å²) in [5.41, 5.74) is 3.25. The Kier molecular flexibility index (Phi) is 8.50. The Morgan fingerprint density at radius 1 is 0.667 bits per heavy atom. The van der Waals surface area contributed by atoms with Crippen LogP contribution in [0.3, 0.4) is 0 Å². The number of esters is 1. The predicted octanol–water partition coefficient (Wildman–Crippen LogP) is 7.91. The minimum absolute atomic E-state index is 0.306. The number of carbonyl (C=O) groups excluding carboxylic acids is 1. The molecule has 3 aromatic rings. The smallest absolute Gasteiger partial charge is 0.343 e. The molecule has 0 spiro atoms. The molecule has 0 aliphatic heterocycles. The lowest BCUT2D eigenvalue weighted by molar-refractivity contribution is 0.0735. The van der Waals surface area contributed by atoms with Gasteiger partial charge in [-0.3, -0.25) is 0 Å². The van der Waals surface area contributed by atoms with E-state index in [-0.39, 0.29) is 5.97 Å². The maximum absolute atomic E-state index is 12.6. The zero-order valence-electron chi connectivity index (χ0n) is 18.5. The lowest BCUT2D eigenvalue weighted by Crippen LogP contribution is -2.08. The number of carbonyl (C=O) groups is 1. The monoisotopic (exact) mass is 402 g/mol. The Morgan fingerprint density at radius 2 is 1.27 bits per heavy atom. The summed E-state index contributed by atoms with van der Waals surface area (Å²) in [6, 6.07) is 20.3. The van der Waals surface area contributed by atoms with Crippen LogP contribution in [0.4, 0.5) is 0 Å². The maximum Gasteiger partial charge on any atom is 0.343 e. The first-order valence-electron chi connectivity index (χ1n) is 11.5. The summed E-state index contributed by atoms with van der Waals surface area (Å²) in [5.74, 6) is 0.293. The minimum atomic E-state index is -0.306. The van der Waals surface area contributed by atoms with Gasteiger partial charge in [0.05, 0.1) is 5.56 Å². The van der Waals surface area contributed by atoms with E-state index in [1.807, 2.05) is 30.3 Å². The first kappa shape index (κ1) is 22.1. The van der Waals surface area contributed by atoms with Gasteiger partial charge in [-0.1, -0.05) is 82.3 Å². The zero-order valence-corrected chi connectivity index (χ0v) is 18.5. The largest absolute Gasteiger partial charge is 0.423 e. The normalized spacial score (nSPS) is 11.0.